The second-order valence-electron chi connectivity index (χ2n) is 5.16. The predicted octanol–water partition coefficient (Wildman–Crippen LogP) is 2.76. The SMILES string of the molecule is CC1=CC[C@H](O)C[C@@H]1N(C)C=Cc1ccc(O)cc1. The molecule has 102 valence electrons. The average Bonchev–Trinajstić information content (AvgIpc) is 2.40. The van der Waals surface area contributed by atoms with Crippen molar-refractivity contribution >= 4 is 6.08 Å². The number of hydrogen-bond donors (Lipinski definition) is 2. The van der Waals surface area contributed by atoms with Crippen LogP contribution in [0.3, 0.4) is 0 Å². The largest absolute Gasteiger partial charge is 0.508 e. The Kier molecular flexibility index (Phi) is 4.27. The van der Waals surface area contributed by atoms with Crippen LogP contribution in [-0.4, -0.2) is 34.3 Å². The summed E-state index contributed by atoms with van der Waals surface area (Å²) in [6, 6.07) is 7.36. The lowest BCUT2D eigenvalue weighted by Gasteiger charge is -2.32. The first-order valence-electron chi connectivity index (χ1n) is 6.60. The lowest BCUT2D eigenvalue weighted by Crippen LogP contribution is -2.34. The van der Waals surface area contributed by atoms with E-state index in [4.69, 9.17) is 0 Å². The third kappa shape index (κ3) is 3.61. The van der Waals surface area contributed by atoms with E-state index in [9.17, 15) is 10.2 Å². The van der Waals surface area contributed by atoms with Crippen LogP contribution in [0.5, 0.6) is 5.75 Å². The molecule has 0 radical (unpaired) electrons. The smallest absolute Gasteiger partial charge is 0.115 e. The number of likely N-dealkylation sites (N-methyl/N-ethyl adjacent to an activating group) is 1. The molecular formula is C16H21NO2. The standard InChI is InChI=1S/C16H21NO2/c1-12-3-6-15(19)11-16(12)17(2)10-9-13-4-7-14(18)8-5-13/h3-5,7-10,15-16,18-19H,6,11H2,1-2H3/t15-,16-/m0/s1. The van der Waals surface area contributed by atoms with E-state index in [1.807, 2.05) is 31.5 Å². The summed E-state index contributed by atoms with van der Waals surface area (Å²) in [4.78, 5) is 2.13. The maximum atomic E-state index is 9.74. The Morgan fingerprint density at radius 2 is 1.95 bits per heavy atom. The van der Waals surface area contributed by atoms with Crippen molar-refractivity contribution in [3.63, 3.8) is 0 Å². The maximum Gasteiger partial charge on any atom is 0.115 e. The van der Waals surface area contributed by atoms with Gasteiger partial charge in [-0.2, -0.15) is 0 Å². The van der Waals surface area contributed by atoms with Crippen molar-refractivity contribution in [2.45, 2.75) is 31.9 Å². The molecule has 0 spiro atoms. The van der Waals surface area contributed by atoms with Gasteiger partial charge in [0, 0.05) is 7.05 Å². The van der Waals surface area contributed by atoms with Crippen LogP contribution in [0, 0.1) is 0 Å². The minimum Gasteiger partial charge on any atom is -0.508 e. The highest BCUT2D eigenvalue weighted by Crippen LogP contribution is 2.23. The summed E-state index contributed by atoms with van der Waals surface area (Å²) in [7, 11) is 2.02. The van der Waals surface area contributed by atoms with Gasteiger partial charge in [0.15, 0.2) is 0 Å². The molecule has 3 heteroatoms. The summed E-state index contributed by atoms with van der Waals surface area (Å²) >= 11 is 0. The molecule has 19 heavy (non-hydrogen) atoms. The van der Waals surface area contributed by atoms with Gasteiger partial charge in [-0.15, -0.1) is 0 Å². The van der Waals surface area contributed by atoms with Crippen LogP contribution in [0.25, 0.3) is 6.08 Å². The Hall–Kier alpha value is -1.74. The normalized spacial score (nSPS) is 23.4. The molecule has 0 saturated carbocycles. The zero-order valence-electron chi connectivity index (χ0n) is 11.5. The van der Waals surface area contributed by atoms with E-state index in [-0.39, 0.29) is 17.9 Å². The Bertz CT molecular complexity index is 476. The summed E-state index contributed by atoms with van der Waals surface area (Å²) in [6.07, 6.45) is 7.44. The third-order valence-electron chi connectivity index (χ3n) is 3.62. The Morgan fingerprint density at radius 1 is 1.26 bits per heavy atom. The Labute approximate surface area is 114 Å². The van der Waals surface area contributed by atoms with Gasteiger partial charge in [0.05, 0.1) is 12.1 Å². The summed E-state index contributed by atoms with van der Waals surface area (Å²) in [5, 5.41) is 19.0. The van der Waals surface area contributed by atoms with Gasteiger partial charge >= 0.3 is 0 Å². The molecule has 2 N–H and O–H groups in total. The average molecular weight is 259 g/mol. The monoisotopic (exact) mass is 259 g/mol. The summed E-state index contributed by atoms with van der Waals surface area (Å²) in [6.45, 7) is 2.11. The fraction of sp³-hybridized carbons (Fsp3) is 0.375. The molecular weight excluding hydrogens is 238 g/mol. The molecule has 0 amide bonds. The zero-order chi connectivity index (χ0) is 13.8. The van der Waals surface area contributed by atoms with Crippen LogP contribution in [0.4, 0.5) is 0 Å². The number of rotatable bonds is 3. The molecule has 0 aliphatic heterocycles. The molecule has 0 bridgehead atoms. The highest BCUT2D eigenvalue weighted by Gasteiger charge is 2.22. The number of aliphatic hydroxyl groups is 1. The molecule has 0 saturated heterocycles. The third-order valence-corrected chi connectivity index (χ3v) is 3.62. The van der Waals surface area contributed by atoms with Crippen LogP contribution >= 0.6 is 0 Å². The van der Waals surface area contributed by atoms with Crippen LogP contribution < -0.4 is 0 Å². The van der Waals surface area contributed by atoms with Crippen molar-refractivity contribution < 1.29 is 10.2 Å². The number of aliphatic hydroxyl groups excluding tert-OH is 1. The second kappa shape index (κ2) is 5.93. The van der Waals surface area contributed by atoms with Crippen molar-refractivity contribution in [2.24, 2.45) is 0 Å². The number of aromatic hydroxyl groups is 1. The summed E-state index contributed by atoms with van der Waals surface area (Å²) in [5.74, 6) is 0.277. The molecule has 1 aromatic rings. The fourth-order valence-corrected chi connectivity index (χ4v) is 2.38. The number of phenols is 1. The number of hydrogen-bond acceptors (Lipinski definition) is 3. The highest BCUT2D eigenvalue weighted by molar-refractivity contribution is 5.50. The van der Waals surface area contributed by atoms with E-state index < -0.39 is 0 Å². The fourth-order valence-electron chi connectivity index (χ4n) is 2.38. The number of benzene rings is 1. The molecule has 3 nitrogen and oxygen atoms in total. The van der Waals surface area contributed by atoms with E-state index in [0.29, 0.717) is 0 Å². The van der Waals surface area contributed by atoms with Crippen molar-refractivity contribution in [2.75, 3.05) is 7.05 Å². The molecule has 1 aliphatic carbocycles. The van der Waals surface area contributed by atoms with Crippen LogP contribution in [0.1, 0.15) is 25.3 Å². The molecule has 2 rings (SSSR count). The van der Waals surface area contributed by atoms with E-state index in [1.54, 1.807) is 12.1 Å². The van der Waals surface area contributed by atoms with Gasteiger partial charge in [-0.1, -0.05) is 23.8 Å². The number of nitrogens with zero attached hydrogens (tertiary/aromatic N) is 1. The molecule has 2 atom stereocenters. The van der Waals surface area contributed by atoms with Gasteiger partial charge in [-0.05, 0) is 49.7 Å². The van der Waals surface area contributed by atoms with Crippen LogP contribution in [0.15, 0.2) is 42.1 Å². The van der Waals surface area contributed by atoms with E-state index in [2.05, 4.69) is 17.9 Å². The number of phenolic OH excluding ortho intramolecular Hbond substituents is 1. The highest BCUT2D eigenvalue weighted by atomic mass is 16.3. The van der Waals surface area contributed by atoms with Crippen molar-refractivity contribution in [1.82, 2.24) is 4.90 Å². The zero-order valence-corrected chi connectivity index (χ0v) is 11.5. The molecule has 0 aromatic heterocycles. The van der Waals surface area contributed by atoms with Gasteiger partial charge < -0.3 is 15.1 Å². The van der Waals surface area contributed by atoms with E-state index >= 15 is 0 Å². The molecule has 1 aromatic carbocycles. The van der Waals surface area contributed by atoms with E-state index in [0.717, 1.165) is 18.4 Å². The molecule has 0 fully saturated rings. The van der Waals surface area contributed by atoms with Crippen molar-refractivity contribution in [3.8, 4) is 5.75 Å². The first-order valence-corrected chi connectivity index (χ1v) is 6.60. The van der Waals surface area contributed by atoms with Gasteiger partial charge in [0.25, 0.3) is 0 Å². The lowest BCUT2D eigenvalue weighted by atomic mass is 9.92. The quantitative estimate of drug-likeness (QED) is 0.820. The van der Waals surface area contributed by atoms with Gasteiger partial charge in [-0.3, -0.25) is 0 Å². The van der Waals surface area contributed by atoms with Crippen molar-refractivity contribution in [1.29, 1.82) is 0 Å². The van der Waals surface area contributed by atoms with Gasteiger partial charge in [0.1, 0.15) is 5.75 Å². The topological polar surface area (TPSA) is 43.7 Å². The van der Waals surface area contributed by atoms with Crippen LogP contribution in [0.2, 0.25) is 0 Å². The van der Waals surface area contributed by atoms with E-state index in [1.165, 1.54) is 5.57 Å². The minimum atomic E-state index is -0.238. The van der Waals surface area contributed by atoms with Gasteiger partial charge in [-0.25, -0.2) is 0 Å². The summed E-state index contributed by atoms with van der Waals surface area (Å²) in [5.41, 5.74) is 2.35. The molecule has 1 aliphatic rings. The Morgan fingerprint density at radius 3 is 2.63 bits per heavy atom. The van der Waals surface area contributed by atoms with Crippen molar-refractivity contribution in [3.05, 3.63) is 47.7 Å². The molecule has 0 unspecified atom stereocenters. The van der Waals surface area contributed by atoms with Crippen LogP contribution in [-0.2, 0) is 0 Å². The minimum absolute atomic E-state index is 0.238. The predicted molar refractivity (Wildman–Crippen MR) is 77.7 cm³/mol. The first kappa shape index (κ1) is 13.7. The molecule has 0 heterocycles. The van der Waals surface area contributed by atoms with Gasteiger partial charge in [0.2, 0.25) is 0 Å². The lowest BCUT2D eigenvalue weighted by molar-refractivity contribution is 0.132. The first-order chi connectivity index (χ1) is 9.06. The maximum absolute atomic E-state index is 9.74. The Balaban J connectivity index is 2.04. The second-order valence-corrected chi connectivity index (χ2v) is 5.16. The summed E-state index contributed by atoms with van der Waals surface area (Å²) < 4.78 is 0.